The fourth-order valence-electron chi connectivity index (χ4n) is 1.11. The maximum Gasteiger partial charge on any atom is 0.343 e. The number of benzene rings is 1. The number of methoxy groups -OCH3 is 1. The largest absolute Gasteiger partial charge is 0.488 e. The molecule has 94 valence electrons. The summed E-state index contributed by atoms with van der Waals surface area (Å²) in [6.45, 7) is -0.271. The summed E-state index contributed by atoms with van der Waals surface area (Å²) >= 11 is 11.7. The number of esters is 1. The summed E-state index contributed by atoms with van der Waals surface area (Å²) in [7, 11) is 1.25. The molecular formula is C12H9Cl2NO3. The van der Waals surface area contributed by atoms with E-state index in [9.17, 15) is 4.79 Å². The zero-order valence-electron chi connectivity index (χ0n) is 9.44. The highest BCUT2D eigenvalue weighted by Gasteiger charge is 2.08. The highest BCUT2D eigenvalue weighted by atomic mass is 35.5. The number of ether oxygens (including phenoxy) is 2. The Hall–Kier alpha value is -1.70. The second kappa shape index (κ2) is 6.90. The topological polar surface area (TPSA) is 59.3 Å². The first kappa shape index (κ1) is 14.4. The molecule has 0 amide bonds. The van der Waals surface area contributed by atoms with Gasteiger partial charge >= 0.3 is 5.97 Å². The summed E-state index contributed by atoms with van der Waals surface area (Å²) in [6, 6.07) is 6.65. The van der Waals surface area contributed by atoms with Crippen molar-refractivity contribution in [1.29, 1.82) is 5.26 Å². The van der Waals surface area contributed by atoms with Crippen molar-refractivity contribution in [3.63, 3.8) is 0 Å². The summed E-state index contributed by atoms with van der Waals surface area (Å²) in [5, 5.41) is 9.79. The number of allylic oxidation sites excluding steroid dienone is 1. The number of rotatable bonds is 4. The normalized spacial score (nSPS) is 10.7. The van der Waals surface area contributed by atoms with Crippen LogP contribution in [-0.4, -0.2) is 19.7 Å². The van der Waals surface area contributed by atoms with Gasteiger partial charge in [0.05, 0.1) is 17.7 Å². The van der Waals surface area contributed by atoms with Gasteiger partial charge < -0.3 is 9.47 Å². The van der Waals surface area contributed by atoms with Crippen LogP contribution in [0.2, 0.25) is 10.0 Å². The van der Waals surface area contributed by atoms with Gasteiger partial charge in [0, 0.05) is 10.6 Å². The van der Waals surface area contributed by atoms with Crippen LogP contribution in [0.4, 0.5) is 0 Å². The fraction of sp³-hybridized carbons (Fsp3) is 0.167. The van der Waals surface area contributed by atoms with E-state index in [0.29, 0.717) is 15.6 Å². The quantitative estimate of drug-likeness (QED) is 0.485. The van der Waals surface area contributed by atoms with Crippen molar-refractivity contribution in [3.05, 3.63) is 40.1 Å². The molecule has 0 heterocycles. The third-order valence-corrected chi connectivity index (χ3v) is 2.52. The average molecular weight is 286 g/mol. The number of carbonyl (C=O) groups is 1. The number of nitriles is 1. The minimum atomic E-state index is -0.536. The van der Waals surface area contributed by atoms with Crippen molar-refractivity contribution in [3.8, 4) is 6.07 Å². The van der Waals surface area contributed by atoms with Gasteiger partial charge in [0.25, 0.3) is 0 Å². The predicted octanol–water partition coefficient (Wildman–Crippen LogP) is 3.05. The molecule has 0 unspecified atom stereocenters. The summed E-state index contributed by atoms with van der Waals surface area (Å²) in [4.78, 5) is 10.8. The molecule has 0 aliphatic rings. The van der Waals surface area contributed by atoms with Crippen molar-refractivity contribution in [2.24, 2.45) is 0 Å². The molecule has 0 aliphatic heterocycles. The molecule has 4 nitrogen and oxygen atoms in total. The van der Waals surface area contributed by atoms with Crippen LogP contribution in [0.25, 0.3) is 5.57 Å². The molecule has 0 fully saturated rings. The predicted molar refractivity (Wildman–Crippen MR) is 68.0 cm³/mol. The molecule has 1 aromatic rings. The van der Waals surface area contributed by atoms with E-state index in [1.807, 2.05) is 6.07 Å². The van der Waals surface area contributed by atoms with E-state index in [2.05, 4.69) is 4.74 Å². The Morgan fingerprint density at radius 3 is 2.78 bits per heavy atom. The lowest BCUT2D eigenvalue weighted by Crippen LogP contribution is -2.07. The Bertz CT molecular complexity index is 521. The molecule has 0 bridgehead atoms. The Labute approximate surface area is 114 Å². The van der Waals surface area contributed by atoms with Crippen LogP contribution in [0, 0.1) is 11.3 Å². The summed E-state index contributed by atoms with van der Waals surface area (Å²) < 4.78 is 9.32. The SMILES string of the molecule is COC(=O)COC=C(C#N)c1ccc(Cl)cc1Cl. The molecule has 0 aliphatic carbocycles. The molecule has 1 rings (SSSR count). The molecule has 6 heteroatoms. The van der Waals surface area contributed by atoms with Gasteiger partial charge in [0.15, 0.2) is 6.61 Å². The van der Waals surface area contributed by atoms with Gasteiger partial charge in [-0.3, -0.25) is 0 Å². The number of carbonyl (C=O) groups excluding carboxylic acids is 1. The summed E-state index contributed by atoms with van der Waals surface area (Å²) in [5.41, 5.74) is 0.675. The van der Waals surface area contributed by atoms with E-state index in [1.54, 1.807) is 12.1 Å². The van der Waals surface area contributed by atoms with Gasteiger partial charge in [-0.2, -0.15) is 5.26 Å². The minimum absolute atomic E-state index is 0.195. The van der Waals surface area contributed by atoms with Gasteiger partial charge in [0.1, 0.15) is 12.3 Å². The zero-order valence-corrected chi connectivity index (χ0v) is 11.0. The van der Waals surface area contributed by atoms with Crippen molar-refractivity contribution in [1.82, 2.24) is 0 Å². The monoisotopic (exact) mass is 285 g/mol. The number of hydrogen-bond donors (Lipinski definition) is 0. The average Bonchev–Trinajstić information content (AvgIpc) is 2.35. The summed E-state index contributed by atoms with van der Waals surface area (Å²) in [6.07, 6.45) is 1.16. The van der Waals surface area contributed by atoms with E-state index in [1.165, 1.54) is 13.2 Å². The minimum Gasteiger partial charge on any atom is -0.488 e. The molecule has 0 saturated heterocycles. The van der Waals surface area contributed by atoms with Crippen LogP contribution in [0.5, 0.6) is 0 Å². The lowest BCUT2D eigenvalue weighted by Gasteiger charge is -2.04. The van der Waals surface area contributed by atoms with E-state index >= 15 is 0 Å². The van der Waals surface area contributed by atoms with E-state index in [4.69, 9.17) is 33.2 Å². The first-order chi connectivity index (χ1) is 8.58. The maximum atomic E-state index is 10.8. The lowest BCUT2D eigenvalue weighted by molar-refractivity contribution is -0.143. The van der Waals surface area contributed by atoms with Crippen LogP contribution in [0.1, 0.15) is 5.56 Å². The lowest BCUT2D eigenvalue weighted by atomic mass is 10.1. The highest BCUT2D eigenvalue weighted by molar-refractivity contribution is 6.35. The van der Waals surface area contributed by atoms with E-state index in [-0.39, 0.29) is 12.2 Å². The number of nitrogens with zero attached hydrogens (tertiary/aromatic N) is 1. The Morgan fingerprint density at radius 1 is 1.50 bits per heavy atom. The number of halogens is 2. The van der Waals surface area contributed by atoms with Crippen molar-refractivity contribution < 1.29 is 14.3 Å². The van der Waals surface area contributed by atoms with Crippen LogP contribution in [0.15, 0.2) is 24.5 Å². The molecule has 0 atom stereocenters. The first-order valence-electron chi connectivity index (χ1n) is 4.82. The van der Waals surface area contributed by atoms with Gasteiger partial charge in [0.2, 0.25) is 0 Å². The zero-order chi connectivity index (χ0) is 13.5. The van der Waals surface area contributed by atoms with Gasteiger partial charge in [-0.15, -0.1) is 0 Å². The van der Waals surface area contributed by atoms with Crippen LogP contribution >= 0.6 is 23.2 Å². The van der Waals surface area contributed by atoms with Gasteiger partial charge in [-0.1, -0.05) is 29.3 Å². The Morgan fingerprint density at radius 2 is 2.22 bits per heavy atom. The standard InChI is InChI=1S/C12H9Cl2NO3/c1-17-12(16)7-18-6-8(5-15)10-3-2-9(13)4-11(10)14/h2-4,6H,7H2,1H3. The van der Waals surface area contributed by atoms with Crippen LogP contribution < -0.4 is 0 Å². The smallest absolute Gasteiger partial charge is 0.343 e. The molecule has 0 N–H and O–H groups in total. The molecule has 0 spiro atoms. The number of hydrogen-bond acceptors (Lipinski definition) is 4. The second-order valence-electron chi connectivity index (χ2n) is 3.15. The Kier molecular flexibility index (Phi) is 5.50. The molecular weight excluding hydrogens is 277 g/mol. The molecule has 1 aromatic carbocycles. The third-order valence-electron chi connectivity index (χ3n) is 1.97. The molecule has 18 heavy (non-hydrogen) atoms. The highest BCUT2D eigenvalue weighted by Crippen LogP contribution is 2.26. The van der Waals surface area contributed by atoms with Crippen LogP contribution in [0.3, 0.4) is 0 Å². The van der Waals surface area contributed by atoms with Gasteiger partial charge in [-0.05, 0) is 12.1 Å². The first-order valence-corrected chi connectivity index (χ1v) is 5.58. The van der Waals surface area contributed by atoms with E-state index in [0.717, 1.165) is 6.26 Å². The van der Waals surface area contributed by atoms with Crippen molar-refractivity contribution in [2.75, 3.05) is 13.7 Å². The van der Waals surface area contributed by atoms with Crippen LogP contribution in [-0.2, 0) is 14.3 Å². The summed E-state index contributed by atoms with van der Waals surface area (Å²) in [5.74, 6) is -0.536. The van der Waals surface area contributed by atoms with Gasteiger partial charge in [-0.25, -0.2) is 4.79 Å². The van der Waals surface area contributed by atoms with Crippen molar-refractivity contribution >= 4 is 34.7 Å². The second-order valence-corrected chi connectivity index (χ2v) is 4.00. The van der Waals surface area contributed by atoms with Crippen molar-refractivity contribution in [2.45, 2.75) is 0 Å². The molecule has 0 aromatic heterocycles. The molecule has 0 saturated carbocycles. The fourth-order valence-corrected chi connectivity index (χ4v) is 1.62. The maximum absolute atomic E-state index is 10.8. The Balaban J connectivity index is 2.86. The third kappa shape index (κ3) is 3.95. The van der Waals surface area contributed by atoms with E-state index < -0.39 is 5.97 Å². The molecule has 0 radical (unpaired) electrons.